The van der Waals surface area contributed by atoms with Gasteiger partial charge in [0.25, 0.3) is 0 Å². The Labute approximate surface area is 108 Å². The van der Waals surface area contributed by atoms with E-state index in [-0.39, 0.29) is 0 Å². The second kappa shape index (κ2) is 5.36. The van der Waals surface area contributed by atoms with Crippen LogP contribution in [0, 0.1) is 5.41 Å². The molecule has 0 unspecified atom stereocenters. The summed E-state index contributed by atoms with van der Waals surface area (Å²) in [5.74, 6) is 1.56. The summed E-state index contributed by atoms with van der Waals surface area (Å²) in [5.41, 5.74) is 1.88. The highest BCUT2D eigenvalue weighted by atomic mass is 15.2. The van der Waals surface area contributed by atoms with E-state index in [0.29, 0.717) is 5.82 Å². The Morgan fingerprint density at radius 3 is 2.78 bits per heavy atom. The van der Waals surface area contributed by atoms with Crippen molar-refractivity contribution in [3.05, 3.63) is 53.9 Å². The number of rotatable bonds is 2. The zero-order valence-electron chi connectivity index (χ0n) is 10.5. The van der Waals surface area contributed by atoms with E-state index in [1.165, 1.54) is 6.21 Å². The number of nitrogens with one attached hydrogen (secondary N) is 2. The number of para-hydroxylation sites is 1. The zero-order valence-corrected chi connectivity index (χ0v) is 10.5. The largest absolute Gasteiger partial charge is 0.347 e. The molecule has 1 aliphatic rings. The Morgan fingerprint density at radius 2 is 2.11 bits per heavy atom. The Hall–Kier alpha value is -2.30. The van der Waals surface area contributed by atoms with Crippen molar-refractivity contribution in [3.8, 4) is 0 Å². The van der Waals surface area contributed by atoms with Crippen LogP contribution in [0.4, 0.5) is 5.69 Å². The van der Waals surface area contributed by atoms with Crippen LogP contribution in [0.15, 0.2) is 58.9 Å². The number of benzene rings is 1. The van der Waals surface area contributed by atoms with Crippen LogP contribution in [0.2, 0.25) is 0 Å². The van der Waals surface area contributed by atoms with Gasteiger partial charge in [-0.05, 0) is 23.7 Å². The van der Waals surface area contributed by atoms with Gasteiger partial charge in [0.2, 0.25) is 0 Å². The second-order valence-corrected chi connectivity index (χ2v) is 4.02. The molecule has 0 amide bonds. The maximum Gasteiger partial charge on any atom is 0.146 e. The fourth-order valence-electron chi connectivity index (χ4n) is 1.62. The summed E-state index contributed by atoms with van der Waals surface area (Å²) < 4.78 is 0. The van der Waals surface area contributed by atoms with Crippen LogP contribution >= 0.6 is 0 Å². The van der Waals surface area contributed by atoms with Gasteiger partial charge < -0.3 is 15.6 Å². The van der Waals surface area contributed by atoms with Crippen molar-refractivity contribution in [1.82, 2.24) is 5.32 Å². The predicted octanol–water partition coefficient (Wildman–Crippen LogP) is 1.09. The van der Waals surface area contributed by atoms with E-state index < -0.39 is 0 Å². The van der Waals surface area contributed by atoms with Crippen molar-refractivity contribution in [3.63, 3.8) is 0 Å². The Morgan fingerprint density at radius 1 is 1.39 bits per heavy atom. The molecule has 2 N–H and O–H groups in total. The lowest BCUT2D eigenvalue weighted by Gasteiger charge is -2.22. The quantitative estimate of drug-likeness (QED) is 0.598. The van der Waals surface area contributed by atoms with Gasteiger partial charge in [0.15, 0.2) is 0 Å². The minimum Gasteiger partial charge on any atom is -0.347 e. The molecule has 0 fully saturated rings. The number of anilines is 1. The average molecular weight is 238 g/mol. The molecule has 4 nitrogen and oxygen atoms in total. The molecule has 1 aliphatic heterocycles. The molecule has 2 rings (SSSR count). The summed E-state index contributed by atoms with van der Waals surface area (Å²) >= 11 is 0. The number of nitrogens with zero attached hydrogens (tertiary/aromatic N) is 2. The first-order chi connectivity index (χ1) is 8.72. The molecule has 1 aromatic rings. The average Bonchev–Trinajstić information content (AvgIpc) is 2.46. The minimum atomic E-state index is 0.713. The van der Waals surface area contributed by atoms with Crippen LogP contribution in [-0.2, 0) is 0 Å². The fourth-order valence-corrected chi connectivity index (χ4v) is 1.62. The van der Waals surface area contributed by atoms with Crippen LogP contribution in [0.5, 0.6) is 0 Å². The Kier molecular flexibility index (Phi) is 3.62. The van der Waals surface area contributed by atoms with Crippen LogP contribution in [0.3, 0.4) is 0 Å². The van der Waals surface area contributed by atoms with Gasteiger partial charge in [0.05, 0.1) is 0 Å². The fraction of sp³-hybridized carbons (Fsp3) is 0.0769. The number of hydrogen-bond acceptors (Lipinski definition) is 4. The summed E-state index contributed by atoms with van der Waals surface area (Å²) in [6, 6.07) is 10.0. The van der Waals surface area contributed by atoms with Crippen molar-refractivity contribution in [2.45, 2.75) is 0 Å². The van der Waals surface area contributed by atoms with E-state index in [0.717, 1.165) is 17.0 Å². The topological polar surface area (TPSA) is 51.5 Å². The van der Waals surface area contributed by atoms with Crippen LogP contribution in [0.1, 0.15) is 0 Å². The van der Waals surface area contributed by atoms with Crippen molar-refractivity contribution >= 4 is 25.6 Å². The lowest BCUT2D eigenvalue weighted by molar-refractivity contribution is 1.00. The highest BCUT2D eigenvalue weighted by Crippen LogP contribution is 2.14. The highest BCUT2D eigenvalue weighted by Gasteiger charge is 2.10. The number of hydrogen-bond donors (Lipinski definition) is 2. The molecule has 0 aromatic heterocycles. The molecule has 0 saturated heterocycles. The van der Waals surface area contributed by atoms with Crippen LogP contribution < -0.4 is 10.2 Å². The molecule has 0 saturated carbocycles. The van der Waals surface area contributed by atoms with Gasteiger partial charge in [-0.3, -0.25) is 0 Å². The molecule has 0 radical (unpaired) electrons. The highest BCUT2D eigenvalue weighted by molar-refractivity contribution is 6.33. The summed E-state index contributed by atoms with van der Waals surface area (Å²) in [5, 5.41) is 10.3. The van der Waals surface area contributed by atoms with E-state index in [9.17, 15) is 0 Å². The predicted molar refractivity (Wildman–Crippen MR) is 78.9 cm³/mol. The third kappa shape index (κ3) is 2.51. The second-order valence-electron chi connectivity index (χ2n) is 4.02. The van der Waals surface area contributed by atoms with Crippen molar-refractivity contribution in [2.75, 3.05) is 11.9 Å². The van der Waals surface area contributed by atoms with Gasteiger partial charge in [0, 0.05) is 25.1 Å². The molecule has 1 aromatic carbocycles. The number of amidine groups is 1. The Balaban J connectivity index is 2.31. The smallest absolute Gasteiger partial charge is 0.146 e. The first kappa shape index (κ1) is 12.2. The van der Waals surface area contributed by atoms with Gasteiger partial charge in [-0.15, -0.1) is 0 Å². The third-order valence-electron chi connectivity index (χ3n) is 2.76. The van der Waals surface area contributed by atoms with E-state index in [2.05, 4.69) is 10.3 Å². The maximum absolute atomic E-state index is 7.25. The zero-order chi connectivity index (χ0) is 13.0. The molecule has 1 heterocycles. The molecule has 18 heavy (non-hydrogen) atoms. The van der Waals surface area contributed by atoms with E-state index >= 15 is 0 Å². The maximum atomic E-state index is 7.25. The number of aliphatic imine (C=N–C) groups is 1. The first-order valence-corrected chi connectivity index (χ1v) is 5.74. The summed E-state index contributed by atoms with van der Waals surface area (Å²) in [7, 11) is 3.83. The van der Waals surface area contributed by atoms with Crippen LogP contribution in [0.25, 0.3) is 0 Å². The SMILES string of the molecule is B/C(C=N)=C1\N=C(N(C)c2ccccc2)C=CN1. The molecule has 0 spiro atoms. The Bertz CT molecular complexity index is 531. The van der Waals surface area contributed by atoms with E-state index in [1.54, 1.807) is 0 Å². The van der Waals surface area contributed by atoms with E-state index in [1.807, 2.05) is 62.4 Å². The van der Waals surface area contributed by atoms with Crippen molar-refractivity contribution < 1.29 is 0 Å². The standard InChI is InChI=1S/C13H15BN4/c1-18(10-5-3-2-4-6-10)12-7-8-16-13(17-12)11(14)9-15/h2-9,15-16H,14H2,1H3/b13-11-,15-9?. The van der Waals surface area contributed by atoms with Gasteiger partial charge in [-0.25, -0.2) is 4.99 Å². The molecule has 5 heteroatoms. The molecule has 90 valence electrons. The monoisotopic (exact) mass is 238 g/mol. The van der Waals surface area contributed by atoms with Crippen molar-refractivity contribution in [1.29, 1.82) is 5.41 Å². The minimum absolute atomic E-state index is 0.713. The van der Waals surface area contributed by atoms with Gasteiger partial charge >= 0.3 is 0 Å². The molecule has 0 aliphatic carbocycles. The first-order valence-electron chi connectivity index (χ1n) is 5.74. The molecular weight excluding hydrogens is 223 g/mol. The summed E-state index contributed by atoms with van der Waals surface area (Å²) in [4.78, 5) is 6.51. The number of allylic oxidation sites excluding steroid dienone is 1. The summed E-state index contributed by atoms with van der Waals surface area (Å²) in [6.07, 6.45) is 5.04. The molecule has 0 atom stereocenters. The molecule has 0 bridgehead atoms. The van der Waals surface area contributed by atoms with Gasteiger partial charge in [0.1, 0.15) is 19.5 Å². The van der Waals surface area contributed by atoms with Crippen LogP contribution in [-0.4, -0.2) is 26.9 Å². The van der Waals surface area contributed by atoms with Gasteiger partial charge in [-0.2, -0.15) is 0 Å². The van der Waals surface area contributed by atoms with Gasteiger partial charge in [-0.1, -0.05) is 18.2 Å². The lowest BCUT2D eigenvalue weighted by atomic mass is 9.97. The normalized spacial score (nSPS) is 16.6. The lowest BCUT2D eigenvalue weighted by Crippen LogP contribution is -2.28. The summed E-state index contributed by atoms with van der Waals surface area (Å²) in [6.45, 7) is 0. The molecular formula is C13H15BN4. The van der Waals surface area contributed by atoms with E-state index in [4.69, 9.17) is 5.41 Å². The number of likely N-dealkylation sites (N-methyl/N-ethyl adjacent to an activating group) is 1. The third-order valence-corrected chi connectivity index (χ3v) is 2.76. The van der Waals surface area contributed by atoms with Crippen molar-refractivity contribution in [2.24, 2.45) is 4.99 Å².